The zero-order valence-corrected chi connectivity index (χ0v) is 16.9. The van der Waals surface area contributed by atoms with E-state index in [1.54, 1.807) is 28.1 Å². The minimum atomic E-state index is -0.342. The van der Waals surface area contributed by atoms with Crippen LogP contribution in [-0.2, 0) is 9.59 Å². The van der Waals surface area contributed by atoms with Gasteiger partial charge in [0.1, 0.15) is 23.1 Å². The van der Waals surface area contributed by atoms with Crippen molar-refractivity contribution in [3.05, 3.63) is 59.7 Å². The molecular formula is C20H22O4S2. The molecule has 138 valence electrons. The van der Waals surface area contributed by atoms with Crippen molar-refractivity contribution in [3.8, 4) is 11.5 Å². The molecule has 0 saturated heterocycles. The van der Waals surface area contributed by atoms with Gasteiger partial charge in [-0.05, 0) is 49.2 Å². The third kappa shape index (κ3) is 5.29. The van der Waals surface area contributed by atoms with Crippen LogP contribution in [0.25, 0.3) is 0 Å². The molecule has 0 radical (unpaired) electrons. The van der Waals surface area contributed by atoms with Crippen molar-refractivity contribution < 1.29 is 19.1 Å². The third-order valence-electron chi connectivity index (χ3n) is 3.82. The fourth-order valence-corrected chi connectivity index (χ4v) is 5.56. The standard InChI is InChI=1S/C20H22O4S2/c1-13(21)19(15-5-9-17(23-3)10-6-15)25-26-20(14(2)22)16-7-11-18(24-4)12-8-16/h5-12,19-20H,1-4H3. The van der Waals surface area contributed by atoms with Gasteiger partial charge in [-0.25, -0.2) is 0 Å². The summed E-state index contributed by atoms with van der Waals surface area (Å²) in [6, 6.07) is 14.9. The highest BCUT2D eigenvalue weighted by atomic mass is 33.1. The molecule has 0 spiro atoms. The van der Waals surface area contributed by atoms with Crippen LogP contribution in [-0.4, -0.2) is 25.8 Å². The van der Waals surface area contributed by atoms with E-state index in [9.17, 15) is 9.59 Å². The van der Waals surface area contributed by atoms with Gasteiger partial charge in [0.15, 0.2) is 0 Å². The van der Waals surface area contributed by atoms with Gasteiger partial charge in [-0.2, -0.15) is 0 Å². The van der Waals surface area contributed by atoms with Crippen molar-refractivity contribution in [2.75, 3.05) is 14.2 Å². The fourth-order valence-electron chi connectivity index (χ4n) is 2.38. The number of carbonyl (C=O) groups is 2. The predicted molar refractivity (Wildman–Crippen MR) is 108 cm³/mol. The highest BCUT2D eigenvalue weighted by Crippen LogP contribution is 2.47. The van der Waals surface area contributed by atoms with Crippen LogP contribution in [0, 0.1) is 0 Å². The molecule has 0 saturated carbocycles. The molecule has 0 amide bonds. The lowest BCUT2D eigenvalue weighted by Gasteiger charge is -2.18. The van der Waals surface area contributed by atoms with E-state index in [4.69, 9.17) is 9.47 Å². The normalized spacial score (nSPS) is 12.9. The number of ether oxygens (including phenoxy) is 2. The lowest BCUT2D eigenvalue weighted by molar-refractivity contribution is -0.117. The lowest BCUT2D eigenvalue weighted by Crippen LogP contribution is -2.07. The smallest absolute Gasteiger partial charge is 0.148 e. The van der Waals surface area contributed by atoms with Gasteiger partial charge in [0.05, 0.1) is 24.7 Å². The molecule has 2 atom stereocenters. The summed E-state index contributed by atoms with van der Waals surface area (Å²) in [5, 5.41) is -0.683. The molecule has 0 fully saturated rings. The molecule has 2 aromatic rings. The molecule has 6 heteroatoms. The number of hydrogen-bond acceptors (Lipinski definition) is 6. The summed E-state index contributed by atoms with van der Waals surface area (Å²) in [5.74, 6) is 1.58. The van der Waals surface area contributed by atoms with Crippen molar-refractivity contribution in [2.24, 2.45) is 0 Å². The second kappa shape index (κ2) is 9.69. The minimum absolute atomic E-state index is 0.0460. The molecule has 2 unspecified atom stereocenters. The first kappa shape index (κ1) is 20.4. The average Bonchev–Trinajstić information content (AvgIpc) is 2.65. The Hall–Kier alpha value is -1.92. The Morgan fingerprint density at radius 1 is 0.692 bits per heavy atom. The number of benzene rings is 2. The van der Waals surface area contributed by atoms with Crippen molar-refractivity contribution in [2.45, 2.75) is 24.3 Å². The van der Waals surface area contributed by atoms with Gasteiger partial charge >= 0.3 is 0 Å². The molecule has 2 aromatic carbocycles. The minimum Gasteiger partial charge on any atom is -0.497 e. The monoisotopic (exact) mass is 390 g/mol. The van der Waals surface area contributed by atoms with E-state index in [-0.39, 0.29) is 22.1 Å². The predicted octanol–water partition coefficient (Wildman–Crippen LogP) is 5.05. The van der Waals surface area contributed by atoms with Crippen LogP contribution < -0.4 is 9.47 Å². The highest BCUT2D eigenvalue weighted by molar-refractivity contribution is 8.77. The number of Topliss-reactive ketones (excluding diaryl/α,β-unsaturated/α-hetero) is 2. The first-order chi connectivity index (χ1) is 12.5. The Morgan fingerprint density at radius 2 is 1.00 bits per heavy atom. The van der Waals surface area contributed by atoms with Crippen molar-refractivity contribution >= 4 is 33.2 Å². The number of carbonyl (C=O) groups excluding carboxylic acids is 2. The number of methoxy groups -OCH3 is 2. The summed E-state index contributed by atoms with van der Waals surface area (Å²) >= 11 is 0. The van der Waals surface area contributed by atoms with Crippen molar-refractivity contribution in [1.82, 2.24) is 0 Å². The highest BCUT2D eigenvalue weighted by Gasteiger charge is 2.24. The molecule has 0 bridgehead atoms. The molecule has 0 N–H and O–H groups in total. The Labute approximate surface area is 162 Å². The summed E-state index contributed by atoms with van der Waals surface area (Å²) < 4.78 is 10.3. The largest absolute Gasteiger partial charge is 0.497 e. The zero-order valence-electron chi connectivity index (χ0n) is 15.2. The molecule has 2 rings (SSSR count). The van der Waals surface area contributed by atoms with Crippen LogP contribution in [0.15, 0.2) is 48.5 Å². The Bertz CT molecular complexity index is 676. The maximum absolute atomic E-state index is 12.1. The number of hydrogen-bond donors (Lipinski definition) is 0. The quantitative estimate of drug-likeness (QED) is 0.559. The van der Waals surface area contributed by atoms with Crippen LogP contribution in [0.5, 0.6) is 11.5 Å². The fraction of sp³-hybridized carbons (Fsp3) is 0.300. The molecule has 26 heavy (non-hydrogen) atoms. The van der Waals surface area contributed by atoms with Crippen molar-refractivity contribution in [1.29, 1.82) is 0 Å². The van der Waals surface area contributed by atoms with Gasteiger partial charge in [0.2, 0.25) is 0 Å². The van der Waals surface area contributed by atoms with Crippen LogP contribution >= 0.6 is 21.6 Å². The molecule has 0 heterocycles. The second-order valence-corrected chi connectivity index (χ2v) is 8.20. The molecule has 0 aliphatic carbocycles. The molecular weight excluding hydrogens is 368 g/mol. The Morgan fingerprint density at radius 3 is 1.23 bits per heavy atom. The van der Waals surface area contributed by atoms with Crippen LogP contribution in [0.1, 0.15) is 35.5 Å². The van der Waals surface area contributed by atoms with E-state index in [1.807, 2.05) is 48.5 Å². The molecule has 0 aromatic heterocycles. The summed E-state index contributed by atoms with van der Waals surface area (Å²) in [4.78, 5) is 24.3. The van der Waals surface area contributed by atoms with Crippen molar-refractivity contribution in [3.63, 3.8) is 0 Å². The maximum Gasteiger partial charge on any atom is 0.148 e. The summed E-state index contributed by atoms with van der Waals surface area (Å²) in [7, 11) is 6.03. The molecule has 0 aliphatic rings. The summed E-state index contributed by atoms with van der Waals surface area (Å²) in [5.41, 5.74) is 1.79. The maximum atomic E-state index is 12.1. The summed E-state index contributed by atoms with van der Waals surface area (Å²) in [6.07, 6.45) is 0. The van der Waals surface area contributed by atoms with Gasteiger partial charge in [-0.1, -0.05) is 45.9 Å². The zero-order chi connectivity index (χ0) is 19.1. The van der Waals surface area contributed by atoms with E-state index in [1.165, 1.54) is 21.6 Å². The van der Waals surface area contributed by atoms with E-state index < -0.39 is 0 Å². The van der Waals surface area contributed by atoms with E-state index in [0.29, 0.717) is 0 Å². The topological polar surface area (TPSA) is 52.6 Å². The first-order valence-corrected chi connectivity index (χ1v) is 10.3. The third-order valence-corrected chi connectivity index (χ3v) is 7.02. The van der Waals surface area contributed by atoms with Crippen LogP contribution in [0.3, 0.4) is 0 Å². The van der Waals surface area contributed by atoms with E-state index in [0.717, 1.165) is 22.6 Å². The SMILES string of the molecule is COc1ccc(C(SSC(C(C)=O)c2ccc(OC)cc2)C(C)=O)cc1. The van der Waals surface area contributed by atoms with Gasteiger partial charge in [-0.15, -0.1) is 0 Å². The molecule has 0 aliphatic heterocycles. The lowest BCUT2D eigenvalue weighted by atomic mass is 10.1. The Balaban J connectivity index is 2.15. The Kier molecular flexibility index (Phi) is 7.60. The van der Waals surface area contributed by atoms with Gasteiger partial charge in [-0.3, -0.25) is 9.59 Å². The van der Waals surface area contributed by atoms with Crippen LogP contribution in [0.4, 0.5) is 0 Å². The summed E-state index contributed by atoms with van der Waals surface area (Å²) in [6.45, 7) is 3.14. The number of ketones is 2. The van der Waals surface area contributed by atoms with Gasteiger partial charge < -0.3 is 9.47 Å². The number of rotatable bonds is 9. The van der Waals surface area contributed by atoms with E-state index in [2.05, 4.69) is 0 Å². The van der Waals surface area contributed by atoms with Crippen LogP contribution in [0.2, 0.25) is 0 Å². The van der Waals surface area contributed by atoms with E-state index >= 15 is 0 Å². The van der Waals surface area contributed by atoms with Gasteiger partial charge in [0.25, 0.3) is 0 Å². The second-order valence-electron chi connectivity index (χ2n) is 5.72. The average molecular weight is 391 g/mol. The molecule has 4 nitrogen and oxygen atoms in total. The van der Waals surface area contributed by atoms with Gasteiger partial charge in [0, 0.05) is 0 Å². The first-order valence-electron chi connectivity index (χ1n) is 8.07.